The lowest BCUT2D eigenvalue weighted by atomic mass is 9.93. The summed E-state index contributed by atoms with van der Waals surface area (Å²) in [6.07, 6.45) is 3.23. The topological polar surface area (TPSA) is 38.7 Å². The van der Waals surface area contributed by atoms with Gasteiger partial charge in [-0.05, 0) is 12.8 Å². The van der Waals surface area contributed by atoms with Crippen LogP contribution in [0.15, 0.2) is 0 Å². The number of rotatable bonds is 4. The molecule has 0 amide bonds. The van der Waals surface area contributed by atoms with E-state index in [1.165, 1.54) is 6.42 Å². The van der Waals surface area contributed by atoms with E-state index in [1.54, 1.807) is 0 Å². The van der Waals surface area contributed by atoms with Gasteiger partial charge in [0.1, 0.15) is 0 Å². The van der Waals surface area contributed by atoms with Crippen LogP contribution in [0, 0.1) is 5.41 Å². The second kappa shape index (κ2) is 4.94. The average Bonchev–Trinajstić information content (AvgIpc) is 2.17. The maximum absolute atomic E-state index is 9.05. The molecule has 78 valence electrons. The molecule has 0 aliphatic carbocycles. The fourth-order valence-electron chi connectivity index (χ4n) is 1.31. The van der Waals surface area contributed by atoms with Crippen molar-refractivity contribution in [2.45, 2.75) is 39.4 Å². The molecule has 1 aliphatic heterocycles. The molecule has 1 heterocycles. The standard InChI is InChI=1S/C10H20O3/c1-3-4-5-9-12-7-10(2,6-11)8-13-9/h9,11H,3-8H2,1-2H3. The van der Waals surface area contributed by atoms with E-state index in [0.29, 0.717) is 13.2 Å². The zero-order valence-corrected chi connectivity index (χ0v) is 8.58. The molecule has 0 bridgehead atoms. The van der Waals surface area contributed by atoms with Crippen LogP contribution in [0.3, 0.4) is 0 Å². The fourth-order valence-corrected chi connectivity index (χ4v) is 1.31. The lowest BCUT2D eigenvalue weighted by Crippen LogP contribution is -2.42. The van der Waals surface area contributed by atoms with Gasteiger partial charge in [0.15, 0.2) is 6.29 Å². The monoisotopic (exact) mass is 188 g/mol. The van der Waals surface area contributed by atoms with Crippen molar-refractivity contribution in [3.05, 3.63) is 0 Å². The lowest BCUT2D eigenvalue weighted by molar-refractivity contribution is -0.234. The summed E-state index contributed by atoms with van der Waals surface area (Å²) in [5, 5.41) is 9.05. The van der Waals surface area contributed by atoms with Crippen molar-refractivity contribution in [1.82, 2.24) is 0 Å². The number of aliphatic hydroxyl groups is 1. The average molecular weight is 188 g/mol. The van der Waals surface area contributed by atoms with Gasteiger partial charge in [-0.3, -0.25) is 0 Å². The minimum absolute atomic E-state index is 0.0421. The van der Waals surface area contributed by atoms with E-state index < -0.39 is 0 Å². The summed E-state index contributed by atoms with van der Waals surface area (Å²) in [7, 11) is 0. The molecule has 0 unspecified atom stereocenters. The van der Waals surface area contributed by atoms with Crippen LogP contribution in [0.2, 0.25) is 0 Å². The summed E-state index contributed by atoms with van der Waals surface area (Å²) in [5.41, 5.74) is -0.192. The van der Waals surface area contributed by atoms with Gasteiger partial charge in [-0.25, -0.2) is 0 Å². The maximum atomic E-state index is 9.05. The predicted octanol–water partition coefficient (Wildman–Crippen LogP) is 1.55. The molecular weight excluding hydrogens is 168 g/mol. The third kappa shape index (κ3) is 3.25. The minimum Gasteiger partial charge on any atom is -0.396 e. The molecule has 0 aromatic rings. The Hall–Kier alpha value is -0.120. The molecule has 1 rings (SSSR count). The lowest BCUT2D eigenvalue weighted by Gasteiger charge is -2.35. The first kappa shape index (κ1) is 11.0. The van der Waals surface area contributed by atoms with Gasteiger partial charge >= 0.3 is 0 Å². The van der Waals surface area contributed by atoms with Crippen molar-refractivity contribution in [3.8, 4) is 0 Å². The number of unbranched alkanes of at least 4 members (excludes halogenated alkanes) is 1. The molecule has 0 atom stereocenters. The Morgan fingerprint density at radius 2 is 2.00 bits per heavy atom. The molecule has 1 aliphatic rings. The number of ether oxygens (including phenoxy) is 2. The number of hydrogen-bond acceptors (Lipinski definition) is 3. The SMILES string of the molecule is CCCCC1OCC(C)(CO)CO1. The number of aliphatic hydroxyl groups excluding tert-OH is 1. The van der Waals surface area contributed by atoms with Gasteiger partial charge in [0.2, 0.25) is 0 Å². The van der Waals surface area contributed by atoms with Crippen LogP contribution in [0.25, 0.3) is 0 Å². The predicted molar refractivity (Wildman–Crippen MR) is 50.4 cm³/mol. The van der Waals surface area contributed by atoms with Gasteiger partial charge in [-0.2, -0.15) is 0 Å². The van der Waals surface area contributed by atoms with Crippen molar-refractivity contribution < 1.29 is 14.6 Å². The molecule has 0 spiro atoms. The largest absolute Gasteiger partial charge is 0.396 e. The normalized spacial score (nSPS) is 34.8. The highest BCUT2D eigenvalue weighted by atomic mass is 16.7. The highest BCUT2D eigenvalue weighted by Crippen LogP contribution is 2.24. The summed E-state index contributed by atoms with van der Waals surface area (Å²) in [6.45, 7) is 5.48. The van der Waals surface area contributed by atoms with E-state index in [4.69, 9.17) is 14.6 Å². The van der Waals surface area contributed by atoms with Crippen LogP contribution >= 0.6 is 0 Å². The first-order valence-electron chi connectivity index (χ1n) is 5.04. The second-order valence-corrected chi connectivity index (χ2v) is 4.16. The molecule has 1 fully saturated rings. The summed E-state index contributed by atoms with van der Waals surface area (Å²) in [6, 6.07) is 0. The Balaban J connectivity index is 2.22. The van der Waals surface area contributed by atoms with Crippen LogP contribution in [0.1, 0.15) is 33.1 Å². The van der Waals surface area contributed by atoms with Crippen LogP contribution in [0.5, 0.6) is 0 Å². The van der Waals surface area contributed by atoms with Crippen LogP contribution in [-0.2, 0) is 9.47 Å². The van der Waals surface area contributed by atoms with E-state index in [-0.39, 0.29) is 18.3 Å². The van der Waals surface area contributed by atoms with Gasteiger partial charge in [0.05, 0.1) is 19.8 Å². The second-order valence-electron chi connectivity index (χ2n) is 4.16. The molecule has 0 saturated carbocycles. The van der Waals surface area contributed by atoms with Crippen molar-refractivity contribution in [2.24, 2.45) is 5.41 Å². The fraction of sp³-hybridized carbons (Fsp3) is 1.00. The summed E-state index contributed by atoms with van der Waals surface area (Å²) < 4.78 is 11.0. The Labute approximate surface area is 80.0 Å². The summed E-state index contributed by atoms with van der Waals surface area (Å²) >= 11 is 0. The van der Waals surface area contributed by atoms with Crippen molar-refractivity contribution in [3.63, 3.8) is 0 Å². The highest BCUT2D eigenvalue weighted by molar-refractivity contribution is 4.75. The van der Waals surface area contributed by atoms with E-state index in [1.807, 2.05) is 6.92 Å². The Bertz CT molecular complexity index is 139. The summed E-state index contributed by atoms with van der Waals surface area (Å²) in [5.74, 6) is 0. The molecule has 1 N–H and O–H groups in total. The van der Waals surface area contributed by atoms with Gasteiger partial charge in [-0.1, -0.05) is 20.3 Å². The number of hydrogen-bond donors (Lipinski definition) is 1. The molecule has 3 nitrogen and oxygen atoms in total. The Kier molecular flexibility index (Phi) is 4.16. The van der Waals surface area contributed by atoms with Gasteiger partial charge in [0, 0.05) is 5.41 Å². The Morgan fingerprint density at radius 1 is 1.38 bits per heavy atom. The van der Waals surface area contributed by atoms with E-state index in [0.717, 1.165) is 12.8 Å². The third-order valence-electron chi connectivity index (χ3n) is 2.41. The molecular formula is C10H20O3. The minimum atomic E-state index is -0.192. The van der Waals surface area contributed by atoms with Crippen molar-refractivity contribution in [1.29, 1.82) is 0 Å². The highest BCUT2D eigenvalue weighted by Gasteiger charge is 2.31. The van der Waals surface area contributed by atoms with Crippen molar-refractivity contribution >= 4 is 0 Å². The van der Waals surface area contributed by atoms with E-state index in [9.17, 15) is 0 Å². The molecule has 0 radical (unpaired) electrons. The van der Waals surface area contributed by atoms with E-state index >= 15 is 0 Å². The molecule has 13 heavy (non-hydrogen) atoms. The zero-order valence-electron chi connectivity index (χ0n) is 8.58. The van der Waals surface area contributed by atoms with Crippen LogP contribution in [-0.4, -0.2) is 31.2 Å². The van der Waals surface area contributed by atoms with Crippen LogP contribution < -0.4 is 0 Å². The van der Waals surface area contributed by atoms with Crippen molar-refractivity contribution in [2.75, 3.05) is 19.8 Å². The van der Waals surface area contributed by atoms with E-state index in [2.05, 4.69) is 6.92 Å². The van der Waals surface area contributed by atoms with Gasteiger partial charge in [-0.15, -0.1) is 0 Å². The third-order valence-corrected chi connectivity index (χ3v) is 2.41. The maximum Gasteiger partial charge on any atom is 0.157 e. The first-order chi connectivity index (χ1) is 6.20. The first-order valence-corrected chi connectivity index (χ1v) is 5.04. The smallest absolute Gasteiger partial charge is 0.157 e. The molecule has 3 heteroatoms. The summed E-state index contributed by atoms with van der Waals surface area (Å²) in [4.78, 5) is 0. The molecule has 1 saturated heterocycles. The van der Waals surface area contributed by atoms with Gasteiger partial charge < -0.3 is 14.6 Å². The Morgan fingerprint density at radius 3 is 2.46 bits per heavy atom. The quantitative estimate of drug-likeness (QED) is 0.727. The van der Waals surface area contributed by atoms with Gasteiger partial charge in [0.25, 0.3) is 0 Å². The van der Waals surface area contributed by atoms with Crippen LogP contribution in [0.4, 0.5) is 0 Å². The molecule has 0 aromatic carbocycles. The molecule has 0 aromatic heterocycles. The zero-order chi connectivity index (χ0) is 9.73.